The number of fused-ring (bicyclic) bond motifs is 1. The lowest BCUT2D eigenvalue weighted by molar-refractivity contribution is -0.128. The Morgan fingerprint density at radius 2 is 1.83 bits per heavy atom. The second kappa shape index (κ2) is 11.6. The Bertz CT molecular complexity index is 1270. The zero-order chi connectivity index (χ0) is 24.6. The maximum Gasteiger partial charge on any atom is 0.125 e. The fourth-order valence-corrected chi connectivity index (χ4v) is 3.64. The molecule has 0 atom stereocenters. The van der Waals surface area contributed by atoms with Gasteiger partial charge in [-0.25, -0.2) is 4.98 Å². The van der Waals surface area contributed by atoms with Crippen molar-refractivity contribution in [1.82, 2.24) is 19.7 Å². The molecule has 0 radical (unpaired) electrons. The van der Waals surface area contributed by atoms with Crippen molar-refractivity contribution in [3.63, 3.8) is 0 Å². The molecule has 11 heteroatoms. The third kappa shape index (κ3) is 5.83. The van der Waals surface area contributed by atoms with E-state index >= 15 is 0 Å². The van der Waals surface area contributed by atoms with Crippen molar-refractivity contribution in [3.05, 3.63) is 55.0 Å². The standard InChI is InChI=1S/C24H26FN5O5/c1-33-20-10-19(11-21(13-20)34-9-7-32)30(5-8-35-25)18-2-3-22-23(12-18)28-24(15-26-22)17-14-27-29(16-17)4-6-31/h2-3,10-16,31-32H,4-9H2,1H3. The molecule has 0 aliphatic rings. The van der Waals surface area contributed by atoms with E-state index in [-0.39, 0.29) is 33.0 Å². The van der Waals surface area contributed by atoms with E-state index in [0.717, 1.165) is 11.3 Å². The van der Waals surface area contributed by atoms with Gasteiger partial charge in [-0.1, -0.05) is 0 Å². The van der Waals surface area contributed by atoms with Crippen molar-refractivity contribution in [2.75, 3.05) is 45.0 Å². The van der Waals surface area contributed by atoms with Crippen LogP contribution in [-0.2, 0) is 11.5 Å². The maximum absolute atomic E-state index is 12.7. The summed E-state index contributed by atoms with van der Waals surface area (Å²) in [5.41, 5.74) is 4.17. The molecule has 184 valence electrons. The summed E-state index contributed by atoms with van der Waals surface area (Å²) in [5, 5.41) is 22.4. The smallest absolute Gasteiger partial charge is 0.125 e. The molecule has 4 rings (SSSR count). The van der Waals surface area contributed by atoms with Crippen molar-refractivity contribution in [2.24, 2.45) is 0 Å². The first-order valence-corrected chi connectivity index (χ1v) is 11.0. The summed E-state index contributed by atoms with van der Waals surface area (Å²) in [6.07, 6.45) is 5.14. The third-order valence-electron chi connectivity index (χ3n) is 5.26. The van der Waals surface area contributed by atoms with Crippen LogP contribution in [0.1, 0.15) is 0 Å². The molecule has 0 unspecified atom stereocenters. The van der Waals surface area contributed by atoms with E-state index in [4.69, 9.17) is 24.7 Å². The Balaban J connectivity index is 1.72. The number of halogens is 1. The number of hydrogen-bond acceptors (Lipinski definition) is 9. The molecule has 10 nitrogen and oxygen atoms in total. The summed E-state index contributed by atoms with van der Waals surface area (Å²) in [6, 6.07) is 10.8. The highest BCUT2D eigenvalue weighted by atomic mass is 19.3. The topological polar surface area (TPSA) is 115 Å². The number of methoxy groups -OCH3 is 1. The quantitative estimate of drug-likeness (QED) is 0.314. The van der Waals surface area contributed by atoms with Crippen LogP contribution in [-0.4, -0.2) is 70.0 Å². The molecule has 0 saturated heterocycles. The molecule has 2 N–H and O–H groups in total. The van der Waals surface area contributed by atoms with Gasteiger partial charge in [0.1, 0.15) is 24.7 Å². The monoisotopic (exact) mass is 483 g/mol. The summed E-state index contributed by atoms with van der Waals surface area (Å²) in [5.74, 6) is 1.05. The van der Waals surface area contributed by atoms with E-state index in [1.165, 1.54) is 0 Å². The highest BCUT2D eigenvalue weighted by molar-refractivity contribution is 5.82. The average Bonchev–Trinajstić information content (AvgIpc) is 3.36. The number of anilines is 2. The predicted molar refractivity (Wildman–Crippen MR) is 127 cm³/mol. The van der Waals surface area contributed by atoms with Crippen LogP contribution in [0.25, 0.3) is 22.3 Å². The van der Waals surface area contributed by atoms with Gasteiger partial charge < -0.3 is 24.6 Å². The zero-order valence-electron chi connectivity index (χ0n) is 19.2. The first kappa shape index (κ1) is 24.3. The molecule has 0 aliphatic carbocycles. The summed E-state index contributed by atoms with van der Waals surface area (Å²) in [6.45, 7) is 0.415. The molecular formula is C24H26FN5O5. The Kier molecular flexibility index (Phi) is 8.03. The van der Waals surface area contributed by atoms with Crippen molar-refractivity contribution < 1.29 is 29.2 Å². The lowest BCUT2D eigenvalue weighted by Crippen LogP contribution is -2.21. The Labute approximate surface area is 201 Å². The number of hydrogen-bond donors (Lipinski definition) is 2. The number of rotatable bonds is 12. The van der Waals surface area contributed by atoms with Gasteiger partial charge >= 0.3 is 0 Å². The molecule has 0 spiro atoms. The second-order valence-corrected chi connectivity index (χ2v) is 7.55. The molecule has 0 bridgehead atoms. The van der Waals surface area contributed by atoms with E-state index in [2.05, 4.69) is 15.0 Å². The molecule has 0 saturated carbocycles. The molecule has 4 aromatic rings. The number of nitrogens with zero attached hydrogens (tertiary/aromatic N) is 5. The average molecular weight is 484 g/mol. The van der Waals surface area contributed by atoms with Crippen LogP contribution in [0, 0.1) is 0 Å². The largest absolute Gasteiger partial charge is 0.497 e. The van der Waals surface area contributed by atoms with Crippen LogP contribution >= 0.6 is 0 Å². The number of aromatic nitrogens is 4. The highest BCUT2D eigenvalue weighted by Crippen LogP contribution is 2.34. The Hall–Kier alpha value is -3.80. The highest BCUT2D eigenvalue weighted by Gasteiger charge is 2.15. The normalized spacial score (nSPS) is 11.1. The fraction of sp³-hybridized carbons (Fsp3) is 0.292. The van der Waals surface area contributed by atoms with Gasteiger partial charge in [-0.3, -0.25) is 9.67 Å². The first-order valence-electron chi connectivity index (χ1n) is 11.0. The third-order valence-corrected chi connectivity index (χ3v) is 5.26. The number of benzene rings is 2. The molecule has 0 aliphatic heterocycles. The van der Waals surface area contributed by atoms with Crippen LogP contribution in [0.3, 0.4) is 0 Å². The lowest BCUT2D eigenvalue weighted by atomic mass is 10.2. The number of aliphatic hydroxyl groups is 2. The van der Waals surface area contributed by atoms with Crippen LogP contribution in [0.2, 0.25) is 0 Å². The van der Waals surface area contributed by atoms with Gasteiger partial charge in [0, 0.05) is 41.3 Å². The summed E-state index contributed by atoms with van der Waals surface area (Å²) in [7, 11) is 1.54. The Morgan fingerprint density at radius 3 is 2.60 bits per heavy atom. The van der Waals surface area contributed by atoms with Gasteiger partial charge in [0.15, 0.2) is 0 Å². The molecular weight excluding hydrogens is 457 g/mol. The fourth-order valence-electron chi connectivity index (χ4n) is 3.64. The molecule has 2 aromatic carbocycles. The molecule has 0 amide bonds. The first-order chi connectivity index (χ1) is 17.1. The van der Waals surface area contributed by atoms with Crippen molar-refractivity contribution in [3.8, 4) is 22.8 Å². The van der Waals surface area contributed by atoms with Crippen LogP contribution in [0.15, 0.2) is 55.0 Å². The van der Waals surface area contributed by atoms with Crippen molar-refractivity contribution >= 4 is 22.4 Å². The minimum atomic E-state index is -0.169. The minimum absolute atomic E-state index is 0.0106. The van der Waals surface area contributed by atoms with Crippen molar-refractivity contribution in [1.29, 1.82) is 0 Å². The molecule has 0 fully saturated rings. The predicted octanol–water partition coefficient (Wildman–Crippen LogP) is 2.90. The SMILES string of the molecule is COc1cc(OCCO)cc(N(CCOF)c2ccc3ncc(-c4cnn(CCO)c4)nc3c2)c1. The van der Waals surface area contributed by atoms with E-state index in [0.29, 0.717) is 40.5 Å². The van der Waals surface area contributed by atoms with E-state index < -0.39 is 0 Å². The van der Waals surface area contributed by atoms with Gasteiger partial charge in [0.2, 0.25) is 0 Å². The minimum Gasteiger partial charge on any atom is -0.497 e. The number of ether oxygens (including phenoxy) is 2. The van der Waals surface area contributed by atoms with Crippen molar-refractivity contribution in [2.45, 2.75) is 6.54 Å². The Morgan fingerprint density at radius 1 is 0.971 bits per heavy atom. The lowest BCUT2D eigenvalue weighted by Gasteiger charge is -2.25. The molecule has 35 heavy (non-hydrogen) atoms. The summed E-state index contributed by atoms with van der Waals surface area (Å²) in [4.78, 5) is 15.0. The van der Waals surface area contributed by atoms with Gasteiger partial charge in [0.05, 0.1) is 62.5 Å². The second-order valence-electron chi connectivity index (χ2n) is 7.55. The number of aliphatic hydroxyl groups excluding tert-OH is 2. The van der Waals surface area contributed by atoms with E-state index in [1.54, 1.807) is 48.6 Å². The zero-order valence-corrected chi connectivity index (χ0v) is 19.2. The molecule has 2 heterocycles. The van der Waals surface area contributed by atoms with Gasteiger partial charge in [0.25, 0.3) is 0 Å². The van der Waals surface area contributed by atoms with Gasteiger partial charge in [-0.05, 0) is 22.7 Å². The molecule has 2 aromatic heterocycles. The van der Waals surface area contributed by atoms with Crippen LogP contribution < -0.4 is 14.4 Å². The van der Waals surface area contributed by atoms with Crippen LogP contribution in [0.4, 0.5) is 15.9 Å². The van der Waals surface area contributed by atoms with E-state index in [1.807, 2.05) is 23.1 Å². The van der Waals surface area contributed by atoms with Gasteiger partial charge in [-0.2, -0.15) is 10.0 Å². The maximum atomic E-state index is 12.7. The van der Waals surface area contributed by atoms with E-state index in [9.17, 15) is 4.53 Å². The summed E-state index contributed by atoms with van der Waals surface area (Å²) < 4.78 is 25.3. The van der Waals surface area contributed by atoms with Gasteiger partial charge in [-0.15, -0.1) is 0 Å². The van der Waals surface area contributed by atoms with Crippen LogP contribution in [0.5, 0.6) is 11.5 Å². The summed E-state index contributed by atoms with van der Waals surface area (Å²) >= 11 is 0.